The second-order valence-corrected chi connectivity index (χ2v) is 6.37. The van der Waals surface area contributed by atoms with Crippen molar-refractivity contribution in [2.75, 3.05) is 27.8 Å². The van der Waals surface area contributed by atoms with Crippen molar-refractivity contribution in [2.45, 2.75) is 51.9 Å². The van der Waals surface area contributed by atoms with Crippen molar-refractivity contribution in [3.05, 3.63) is 0 Å². The molecule has 0 saturated heterocycles. The van der Waals surface area contributed by atoms with Gasteiger partial charge >= 0.3 is 0 Å². The van der Waals surface area contributed by atoms with Gasteiger partial charge in [-0.2, -0.15) is 0 Å². The number of rotatable bonds is 5. The number of nitrogens with one attached hydrogen (secondary N) is 2. The number of hydrogen-bond donors (Lipinski definition) is 2. The van der Waals surface area contributed by atoms with Gasteiger partial charge in [-0.25, -0.2) is 0 Å². The second kappa shape index (κ2) is 6.09. The van der Waals surface area contributed by atoms with Gasteiger partial charge in [-0.05, 0) is 20.3 Å². The first kappa shape index (κ1) is 16.2. The zero-order valence-electron chi connectivity index (χ0n) is 13.3. The normalized spacial score (nSPS) is 26.8. The van der Waals surface area contributed by atoms with Crippen molar-refractivity contribution in [3.8, 4) is 0 Å². The maximum Gasteiger partial charge on any atom is 0.191 e. The molecule has 1 fully saturated rings. The molecule has 0 radical (unpaired) electrons. The van der Waals surface area contributed by atoms with Crippen LogP contribution in [0.15, 0.2) is 4.99 Å². The van der Waals surface area contributed by atoms with Crippen LogP contribution in [-0.2, 0) is 9.47 Å². The summed E-state index contributed by atoms with van der Waals surface area (Å²) in [6, 6.07) is 0.384. The quantitative estimate of drug-likeness (QED) is 0.586. The molecule has 5 heteroatoms. The molecule has 0 aromatic heterocycles. The zero-order valence-corrected chi connectivity index (χ0v) is 13.3. The smallest absolute Gasteiger partial charge is 0.191 e. The van der Waals surface area contributed by atoms with Crippen LogP contribution in [0.4, 0.5) is 0 Å². The number of nitrogens with zero attached hydrogens (tertiary/aromatic N) is 1. The number of guanidine groups is 1. The number of hydrogen-bond acceptors (Lipinski definition) is 3. The molecule has 2 N–H and O–H groups in total. The summed E-state index contributed by atoms with van der Waals surface area (Å²) in [6.07, 6.45) is 1.33. The van der Waals surface area contributed by atoms with Crippen molar-refractivity contribution in [1.29, 1.82) is 0 Å². The maximum absolute atomic E-state index is 5.46. The van der Waals surface area contributed by atoms with Crippen molar-refractivity contribution >= 4 is 5.96 Å². The molecule has 1 aliphatic carbocycles. The Morgan fingerprint density at radius 2 is 2.00 bits per heavy atom. The first-order valence-electron chi connectivity index (χ1n) is 6.82. The molecule has 0 amide bonds. The summed E-state index contributed by atoms with van der Waals surface area (Å²) in [4.78, 5) is 4.26. The Kier molecular flexibility index (Phi) is 5.21. The lowest BCUT2D eigenvalue weighted by molar-refractivity contribution is -0.0923. The maximum atomic E-state index is 5.46. The van der Waals surface area contributed by atoms with E-state index in [0.717, 1.165) is 12.4 Å². The molecule has 2 atom stereocenters. The Morgan fingerprint density at radius 3 is 2.42 bits per heavy atom. The van der Waals surface area contributed by atoms with Crippen LogP contribution in [-0.4, -0.2) is 51.5 Å². The molecule has 112 valence electrons. The highest BCUT2D eigenvalue weighted by Crippen LogP contribution is 2.42. The van der Waals surface area contributed by atoms with Crippen LogP contribution in [0.25, 0.3) is 0 Å². The minimum absolute atomic E-state index is 0.128. The lowest BCUT2D eigenvalue weighted by atomic mass is 9.64. The molecule has 0 aliphatic heterocycles. The SMILES string of the molecule is CN=C(NCC(C)(C)OC)NC1CC(OC)C1(C)C. The second-order valence-electron chi connectivity index (χ2n) is 6.37. The highest BCUT2D eigenvalue weighted by atomic mass is 16.5. The van der Waals surface area contributed by atoms with Crippen LogP contribution in [0, 0.1) is 5.41 Å². The van der Waals surface area contributed by atoms with E-state index in [1.165, 1.54) is 0 Å². The zero-order chi connectivity index (χ0) is 14.7. The molecule has 0 heterocycles. The lowest BCUT2D eigenvalue weighted by Crippen LogP contribution is -2.63. The summed E-state index contributed by atoms with van der Waals surface area (Å²) in [5, 5.41) is 6.76. The van der Waals surface area contributed by atoms with Gasteiger partial charge in [0.15, 0.2) is 5.96 Å². The van der Waals surface area contributed by atoms with E-state index in [2.05, 4.69) is 29.5 Å². The Labute approximate surface area is 117 Å². The van der Waals surface area contributed by atoms with Crippen LogP contribution in [0.1, 0.15) is 34.1 Å². The Balaban J connectivity index is 2.47. The first-order valence-corrected chi connectivity index (χ1v) is 6.82. The van der Waals surface area contributed by atoms with Crippen LogP contribution >= 0.6 is 0 Å². The Bertz CT molecular complexity index is 327. The monoisotopic (exact) mass is 271 g/mol. The van der Waals surface area contributed by atoms with E-state index in [-0.39, 0.29) is 11.0 Å². The third kappa shape index (κ3) is 3.83. The van der Waals surface area contributed by atoms with Crippen molar-refractivity contribution in [1.82, 2.24) is 10.6 Å². The van der Waals surface area contributed by atoms with E-state index in [4.69, 9.17) is 9.47 Å². The van der Waals surface area contributed by atoms with Gasteiger partial charge in [0.25, 0.3) is 0 Å². The van der Waals surface area contributed by atoms with Gasteiger partial charge in [-0.1, -0.05) is 13.8 Å². The third-order valence-corrected chi connectivity index (χ3v) is 4.23. The third-order valence-electron chi connectivity index (χ3n) is 4.23. The molecule has 0 bridgehead atoms. The summed E-state index contributed by atoms with van der Waals surface area (Å²) in [6.45, 7) is 9.23. The standard InChI is InChI=1S/C14H29N3O2/c1-13(2,19-7)9-16-12(15-5)17-10-8-11(18-6)14(10,3)4/h10-11H,8-9H2,1-7H3,(H2,15,16,17). The first-order chi connectivity index (χ1) is 8.76. The molecule has 1 rings (SSSR count). The van der Waals surface area contributed by atoms with E-state index >= 15 is 0 Å². The summed E-state index contributed by atoms with van der Waals surface area (Å²) < 4.78 is 10.8. The van der Waals surface area contributed by atoms with Gasteiger partial charge in [-0.15, -0.1) is 0 Å². The largest absolute Gasteiger partial charge is 0.381 e. The van der Waals surface area contributed by atoms with Crippen molar-refractivity contribution < 1.29 is 9.47 Å². The Hall–Kier alpha value is -0.810. The van der Waals surface area contributed by atoms with Gasteiger partial charge in [0.2, 0.25) is 0 Å². The van der Waals surface area contributed by atoms with Gasteiger partial charge < -0.3 is 20.1 Å². The van der Waals surface area contributed by atoms with Crippen LogP contribution in [0.3, 0.4) is 0 Å². The van der Waals surface area contributed by atoms with Crippen LogP contribution in [0.2, 0.25) is 0 Å². The number of methoxy groups -OCH3 is 2. The van der Waals surface area contributed by atoms with Gasteiger partial charge in [-0.3, -0.25) is 4.99 Å². The van der Waals surface area contributed by atoms with Crippen LogP contribution in [0.5, 0.6) is 0 Å². The average molecular weight is 271 g/mol. The highest BCUT2D eigenvalue weighted by molar-refractivity contribution is 5.80. The minimum atomic E-state index is -0.207. The molecule has 1 aliphatic rings. The van der Waals surface area contributed by atoms with Gasteiger partial charge in [0.1, 0.15) is 0 Å². The topological polar surface area (TPSA) is 54.9 Å². The van der Waals surface area contributed by atoms with Crippen molar-refractivity contribution in [2.24, 2.45) is 10.4 Å². The predicted octanol–water partition coefficient (Wildman–Crippen LogP) is 1.39. The number of aliphatic imine (C=N–C) groups is 1. The van der Waals surface area contributed by atoms with Crippen LogP contribution < -0.4 is 10.6 Å². The fourth-order valence-corrected chi connectivity index (χ4v) is 2.26. The summed E-state index contributed by atoms with van der Waals surface area (Å²) >= 11 is 0. The highest BCUT2D eigenvalue weighted by Gasteiger charge is 2.48. The summed E-state index contributed by atoms with van der Waals surface area (Å²) in [7, 11) is 5.28. The molecule has 2 unspecified atom stereocenters. The molecular formula is C14H29N3O2. The number of ether oxygens (including phenoxy) is 2. The van der Waals surface area contributed by atoms with Gasteiger partial charge in [0.05, 0.1) is 11.7 Å². The minimum Gasteiger partial charge on any atom is -0.381 e. The molecule has 0 aromatic carbocycles. The predicted molar refractivity (Wildman–Crippen MR) is 78.6 cm³/mol. The van der Waals surface area contributed by atoms with E-state index < -0.39 is 0 Å². The van der Waals surface area contributed by atoms with Crippen molar-refractivity contribution in [3.63, 3.8) is 0 Å². The van der Waals surface area contributed by atoms with Gasteiger partial charge in [0, 0.05) is 39.3 Å². The molecule has 0 aromatic rings. The van der Waals surface area contributed by atoms with E-state index in [0.29, 0.717) is 18.7 Å². The average Bonchev–Trinajstić information content (AvgIpc) is 2.37. The lowest BCUT2D eigenvalue weighted by Gasteiger charge is -2.51. The fraction of sp³-hybridized carbons (Fsp3) is 0.929. The molecule has 1 saturated carbocycles. The van der Waals surface area contributed by atoms with E-state index in [1.54, 1.807) is 21.3 Å². The molecule has 5 nitrogen and oxygen atoms in total. The molecular weight excluding hydrogens is 242 g/mol. The molecule has 19 heavy (non-hydrogen) atoms. The van der Waals surface area contributed by atoms with E-state index in [1.807, 2.05) is 13.8 Å². The summed E-state index contributed by atoms with van der Waals surface area (Å²) in [5.74, 6) is 0.817. The van der Waals surface area contributed by atoms with E-state index in [9.17, 15) is 0 Å². The molecule has 0 spiro atoms. The Morgan fingerprint density at radius 1 is 1.37 bits per heavy atom. The fourth-order valence-electron chi connectivity index (χ4n) is 2.26. The summed E-state index contributed by atoms with van der Waals surface area (Å²) in [5.41, 5.74) is -0.0784.